The molecule has 5 nitrogen and oxygen atoms in total. The van der Waals surface area contributed by atoms with Crippen LogP contribution < -0.4 is 10.6 Å². The summed E-state index contributed by atoms with van der Waals surface area (Å²) < 4.78 is 5.35. The second kappa shape index (κ2) is 12.8. The summed E-state index contributed by atoms with van der Waals surface area (Å²) in [6, 6.07) is 8.71. The maximum absolute atomic E-state index is 5.35. The van der Waals surface area contributed by atoms with Gasteiger partial charge in [-0.25, -0.2) is 4.99 Å². The number of hydrogen-bond acceptors (Lipinski definition) is 3. The van der Waals surface area contributed by atoms with Gasteiger partial charge in [-0.1, -0.05) is 38.1 Å². The van der Waals surface area contributed by atoms with E-state index in [0.29, 0.717) is 13.2 Å². The first kappa shape index (κ1) is 20.5. The topological polar surface area (TPSA) is 48.9 Å². The van der Waals surface area contributed by atoms with Gasteiger partial charge in [0.1, 0.15) is 0 Å². The molecule has 1 aromatic carbocycles. The van der Waals surface area contributed by atoms with E-state index in [1.54, 1.807) is 0 Å². The average Bonchev–Trinajstić information content (AvgIpc) is 2.61. The molecule has 0 amide bonds. The lowest BCUT2D eigenvalue weighted by atomic mass is 10.1. The summed E-state index contributed by atoms with van der Waals surface area (Å²) in [7, 11) is 0. The fourth-order valence-electron chi connectivity index (χ4n) is 2.43. The van der Waals surface area contributed by atoms with Crippen LogP contribution in [0.25, 0.3) is 0 Å². The van der Waals surface area contributed by atoms with Crippen molar-refractivity contribution in [3.63, 3.8) is 0 Å². The Morgan fingerprint density at radius 3 is 2.50 bits per heavy atom. The zero-order chi connectivity index (χ0) is 17.6. The second-order valence-corrected chi connectivity index (χ2v) is 5.60. The Kier molecular flexibility index (Phi) is 10.9. The number of aliphatic imine (C=N–C) groups is 1. The zero-order valence-electron chi connectivity index (χ0n) is 15.8. The molecule has 0 aliphatic rings. The molecule has 0 spiro atoms. The molecule has 0 aliphatic carbocycles. The highest BCUT2D eigenvalue weighted by Gasteiger charge is 2.02. The van der Waals surface area contributed by atoms with Crippen LogP contribution in [-0.4, -0.2) is 50.3 Å². The standard InChI is InChI=1S/C19H34N4O/c1-5-20-19(21-12-13-24-8-4)22-15-17-10-9-11-18(14-17)16-23(6-2)7-3/h9-11,14H,5-8,12-13,15-16H2,1-4H3,(H2,20,21,22). The van der Waals surface area contributed by atoms with Gasteiger partial charge in [0.25, 0.3) is 0 Å². The van der Waals surface area contributed by atoms with E-state index in [1.165, 1.54) is 11.1 Å². The molecular weight excluding hydrogens is 300 g/mol. The molecule has 0 saturated carbocycles. The average molecular weight is 335 g/mol. The Labute approximate surface area is 147 Å². The van der Waals surface area contributed by atoms with Crippen molar-refractivity contribution in [2.45, 2.75) is 40.8 Å². The maximum atomic E-state index is 5.35. The van der Waals surface area contributed by atoms with Crippen LogP contribution in [-0.2, 0) is 17.8 Å². The van der Waals surface area contributed by atoms with Crippen LogP contribution >= 0.6 is 0 Å². The number of nitrogens with one attached hydrogen (secondary N) is 2. The molecular formula is C19H34N4O. The van der Waals surface area contributed by atoms with Gasteiger partial charge in [0.2, 0.25) is 0 Å². The molecule has 1 rings (SSSR count). The predicted octanol–water partition coefficient (Wildman–Crippen LogP) is 2.62. The van der Waals surface area contributed by atoms with E-state index in [2.05, 4.69) is 65.6 Å². The van der Waals surface area contributed by atoms with Crippen LogP contribution in [0.4, 0.5) is 0 Å². The summed E-state index contributed by atoms with van der Waals surface area (Å²) in [6.07, 6.45) is 0. The smallest absolute Gasteiger partial charge is 0.191 e. The lowest BCUT2D eigenvalue weighted by Crippen LogP contribution is -2.39. The van der Waals surface area contributed by atoms with Crippen molar-refractivity contribution in [3.8, 4) is 0 Å². The van der Waals surface area contributed by atoms with Gasteiger partial charge >= 0.3 is 0 Å². The highest BCUT2D eigenvalue weighted by Crippen LogP contribution is 2.09. The van der Waals surface area contributed by atoms with Gasteiger partial charge in [-0.3, -0.25) is 4.90 Å². The summed E-state index contributed by atoms with van der Waals surface area (Å²) >= 11 is 0. The van der Waals surface area contributed by atoms with Crippen LogP contribution in [0.1, 0.15) is 38.8 Å². The Morgan fingerprint density at radius 2 is 1.83 bits per heavy atom. The van der Waals surface area contributed by atoms with E-state index in [-0.39, 0.29) is 0 Å². The van der Waals surface area contributed by atoms with Crippen molar-refractivity contribution >= 4 is 5.96 Å². The molecule has 0 aliphatic heterocycles. The number of benzene rings is 1. The molecule has 5 heteroatoms. The van der Waals surface area contributed by atoms with Gasteiger partial charge in [0, 0.05) is 26.2 Å². The molecule has 0 bridgehead atoms. The monoisotopic (exact) mass is 334 g/mol. The molecule has 1 aromatic rings. The molecule has 2 N–H and O–H groups in total. The summed E-state index contributed by atoms with van der Waals surface area (Å²) in [5, 5.41) is 6.57. The van der Waals surface area contributed by atoms with E-state index in [4.69, 9.17) is 4.74 Å². The van der Waals surface area contributed by atoms with E-state index in [1.807, 2.05) is 6.92 Å². The highest BCUT2D eigenvalue weighted by atomic mass is 16.5. The van der Waals surface area contributed by atoms with Crippen molar-refractivity contribution < 1.29 is 4.74 Å². The summed E-state index contributed by atoms with van der Waals surface area (Å²) in [5.74, 6) is 0.839. The van der Waals surface area contributed by atoms with Crippen LogP contribution in [0.3, 0.4) is 0 Å². The Balaban J connectivity index is 2.61. The normalized spacial score (nSPS) is 11.8. The van der Waals surface area contributed by atoms with E-state index < -0.39 is 0 Å². The van der Waals surface area contributed by atoms with Crippen molar-refractivity contribution in [2.24, 2.45) is 4.99 Å². The largest absolute Gasteiger partial charge is 0.380 e. The fraction of sp³-hybridized carbons (Fsp3) is 0.632. The van der Waals surface area contributed by atoms with Gasteiger partial charge in [0.15, 0.2) is 5.96 Å². The first-order valence-electron chi connectivity index (χ1n) is 9.13. The molecule has 0 heterocycles. The Morgan fingerprint density at radius 1 is 1.08 bits per heavy atom. The van der Waals surface area contributed by atoms with E-state index in [9.17, 15) is 0 Å². The van der Waals surface area contributed by atoms with Gasteiger partial charge < -0.3 is 15.4 Å². The Hall–Kier alpha value is -1.59. The first-order valence-corrected chi connectivity index (χ1v) is 9.13. The lowest BCUT2D eigenvalue weighted by Gasteiger charge is -2.18. The Bertz CT molecular complexity index is 472. The molecule has 0 fully saturated rings. The number of rotatable bonds is 11. The maximum Gasteiger partial charge on any atom is 0.191 e. The minimum Gasteiger partial charge on any atom is -0.380 e. The molecule has 24 heavy (non-hydrogen) atoms. The highest BCUT2D eigenvalue weighted by molar-refractivity contribution is 5.79. The molecule has 0 saturated heterocycles. The minimum atomic E-state index is 0.677. The quantitative estimate of drug-likeness (QED) is 0.371. The van der Waals surface area contributed by atoms with Crippen molar-refractivity contribution in [1.82, 2.24) is 15.5 Å². The fourth-order valence-corrected chi connectivity index (χ4v) is 2.43. The van der Waals surface area contributed by atoms with Crippen LogP contribution in [0, 0.1) is 0 Å². The summed E-state index contributed by atoms with van der Waals surface area (Å²) in [4.78, 5) is 7.09. The second-order valence-electron chi connectivity index (χ2n) is 5.60. The number of ether oxygens (including phenoxy) is 1. The van der Waals surface area contributed by atoms with Crippen LogP contribution in [0.2, 0.25) is 0 Å². The molecule has 0 radical (unpaired) electrons. The number of nitrogens with zero attached hydrogens (tertiary/aromatic N) is 2. The number of hydrogen-bond donors (Lipinski definition) is 2. The van der Waals surface area contributed by atoms with E-state index >= 15 is 0 Å². The van der Waals surface area contributed by atoms with Crippen LogP contribution in [0.5, 0.6) is 0 Å². The number of guanidine groups is 1. The molecule has 0 atom stereocenters. The van der Waals surface area contributed by atoms with Crippen molar-refractivity contribution in [3.05, 3.63) is 35.4 Å². The third kappa shape index (κ3) is 8.31. The van der Waals surface area contributed by atoms with Crippen LogP contribution in [0.15, 0.2) is 29.3 Å². The van der Waals surface area contributed by atoms with Gasteiger partial charge in [-0.05, 0) is 38.1 Å². The third-order valence-electron chi connectivity index (χ3n) is 3.80. The van der Waals surface area contributed by atoms with E-state index in [0.717, 1.165) is 45.3 Å². The molecule has 136 valence electrons. The van der Waals surface area contributed by atoms with Crippen molar-refractivity contribution in [1.29, 1.82) is 0 Å². The zero-order valence-corrected chi connectivity index (χ0v) is 15.8. The molecule has 0 aromatic heterocycles. The predicted molar refractivity (Wildman–Crippen MR) is 102 cm³/mol. The SMILES string of the molecule is CCNC(=NCc1cccc(CN(CC)CC)c1)NCCOCC. The third-order valence-corrected chi connectivity index (χ3v) is 3.80. The summed E-state index contributed by atoms with van der Waals surface area (Å²) in [5.41, 5.74) is 2.59. The first-order chi connectivity index (χ1) is 11.7. The lowest BCUT2D eigenvalue weighted by molar-refractivity contribution is 0.152. The van der Waals surface area contributed by atoms with Gasteiger partial charge in [-0.2, -0.15) is 0 Å². The minimum absolute atomic E-state index is 0.677. The summed E-state index contributed by atoms with van der Waals surface area (Å²) in [6.45, 7) is 15.4. The van der Waals surface area contributed by atoms with Crippen molar-refractivity contribution in [2.75, 3.05) is 39.4 Å². The van der Waals surface area contributed by atoms with Gasteiger partial charge in [0.05, 0.1) is 13.2 Å². The van der Waals surface area contributed by atoms with Gasteiger partial charge in [-0.15, -0.1) is 0 Å². The molecule has 0 unspecified atom stereocenters.